The number of rotatable bonds is 8. The number of hydrogen-bond donors (Lipinski definition) is 3. The SMILES string of the molecule is C=C(N)NCCCCC(=C)C(=O)C=N. The van der Waals surface area contributed by atoms with Gasteiger partial charge in [-0.2, -0.15) is 0 Å². The molecule has 0 bridgehead atoms. The second kappa shape index (κ2) is 6.88. The van der Waals surface area contributed by atoms with Crippen molar-refractivity contribution >= 4 is 12.0 Å². The molecular weight excluding hydrogens is 178 g/mol. The predicted molar refractivity (Wildman–Crippen MR) is 58.1 cm³/mol. The van der Waals surface area contributed by atoms with Crippen LogP contribution in [0.2, 0.25) is 0 Å². The van der Waals surface area contributed by atoms with Crippen LogP contribution in [0.15, 0.2) is 24.6 Å². The number of carbonyl (C=O) groups excluding carboxylic acids is 1. The summed E-state index contributed by atoms with van der Waals surface area (Å²) in [5.41, 5.74) is 5.79. The van der Waals surface area contributed by atoms with E-state index in [4.69, 9.17) is 11.1 Å². The fourth-order valence-electron chi connectivity index (χ4n) is 0.938. The normalized spacial score (nSPS) is 9.14. The van der Waals surface area contributed by atoms with Gasteiger partial charge in [0.1, 0.15) is 0 Å². The molecule has 4 heteroatoms. The topological polar surface area (TPSA) is 79.0 Å². The van der Waals surface area contributed by atoms with E-state index in [1.165, 1.54) is 0 Å². The molecule has 0 saturated heterocycles. The zero-order valence-electron chi connectivity index (χ0n) is 8.31. The Hall–Kier alpha value is -1.58. The maximum absolute atomic E-state index is 10.9. The molecule has 0 spiro atoms. The van der Waals surface area contributed by atoms with Gasteiger partial charge in [0.15, 0.2) is 5.78 Å². The van der Waals surface area contributed by atoms with Crippen LogP contribution in [0.25, 0.3) is 0 Å². The van der Waals surface area contributed by atoms with Crippen molar-refractivity contribution in [3.8, 4) is 0 Å². The highest BCUT2D eigenvalue weighted by atomic mass is 16.1. The molecule has 14 heavy (non-hydrogen) atoms. The number of ketones is 1. The monoisotopic (exact) mass is 195 g/mol. The average molecular weight is 195 g/mol. The Morgan fingerprint density at radius 3 is 2.57 bits per heavy atom. The molecule has 4 nitrogen and oxygen atoms in total. The van der Waals surface area contributed by atoms with Crippen molar-refractivity contribution in [2.45, 2.75) is 19.3 Å². The molecular formula is C10H17N3O. The van der Waals surface area contributed by atoms with E-state index in [0.29, 0.717) is 17.8 Å². The van der Waals surface area contributed by atoms with Crippen LogP contribution in [0, 0.1) is 5.41 Å². The van der Waals surface area contributed by atoms with Crippen molar-refractivity contribution in [1.82, 2.24) is 5.32 Å². The van der Waals surface area contributed by atoms with Crippen LogP contribution >= 0.6 is 0 Å². The van der Waals surface area contributed by atoms with Gasteiger partial charge in [-0.15, -0.1) is 0 Å². The summed E-state index contributed by atoms with van der Waals surface area (Å²) < 4.78 is 0. The molecule has 0 atom stereocenters. The third-order valence-electron chi connectivity index (χ3n) is 1.74. The molecule has 0 aliphatic rings. The van der Waals surface area contributed by atoms with Gasteiger partial charge in [-0.1, -0.05) is 13.2 Å². The summed E-state index contributed by atoms with van der Waals surface area (Å²) in [5.74, 6) is 0.167. The third-order valence-corrected chi connectivity index (χ3v) is 1.74. The first-order valence-corrected chi connectivity index (χ1v) is 4.48. The van der Waals surface area contributed by atoms with Crippen molar-refractivity contribution in [3.05, 3.63) is 24.6 Å². The van der Waals surface area contributed by atoms with E-state index < -0.39 is 0 Å². The van der Waals surface area contributed by atoms with E-state index in [2.05, 4.69) is 18.5 Å². The Balaban J connectivity index is 3.45. The molecule has 0 radical (unpaired) electrons. The Morgan fingerprint density at radius 2 is 2.07 bits per heavy atom. The van der Waals surface area contributed by atoms with Gasteiger partial charge in [0.25, 0.3) is 0 Å². The number of carbonyl (C=O) groups is 1. The molecule has 0 unspecified atom stereocenters. The van der Waals surface area contributed by atoms with Gasteiger partial charge < -0.3 is 16.5 Å². The van der Waals surface area contributed by atoms with Crippen molar-refractivity contribution in [1.29, 1.82) is 5.41 Å². The minimum Gasteiger partial charge on any atom is -0.386 e. The maximum atomic E-state index is 10.9. The van der Waals surface area contributed by atoms with Crippen molar-refractivity contribution in [2.24, 2.45) is 5.73 Å². The van der Waals surface area contributed by atoms with Gasteiger partial charge in [-0.05, 0) is 24.8 Å². The Bertz CT molecular complexity index is 246. The molecule has 0 aliphatic heterocycles. The van der Waals surface area contributed by atoms with E-state index in [-0.39, 0.29) is 5.78 Å². The second-order valence-corrected chi connectivity index (χ2v) is 3.02. The zero-order chi connectivity index (χ0) is 11.0. The highest BCUT2D eigenvalue weighted by Gasteiger charge is 2.02. The lowest BCUT2D eigenvalue weighted by atomic mass is 10.1. The summed E-state index contributed by atoms with van der Waals surface area (Å²) >= 11 is 0. The van der Waals surface area contributed by atoms with Gasteiger partial charge >= 0.3 is 0 Å². The molecule has 0 amide bonds. The van der Waals surface area contributed by atoms with Gasteiger partial charge in [-0.3, -0.25) is 4.79 Å². The lowest BCUT2D eigenvalue weighted by molar-refractivity contribution is -0.109. The molecule has 0 aromatic rings. The molecule has 0 heterocycles. The van der Waals surface area contributed by atoms with Crippen LogP contribution < -0.4 is 11.1 Å². The zero-order valence-corrected chi connectivity index (χ0v) is 8.31. The molecule has 0 rings (SSSR count). The summed E-state index contributed by atoms with van der Waals surface area (Å²) in [5, 5.41) is 9.62. The number of allylic oxidation sites excluding steroid dienone is 1. The fraction of sp³-hybridized carbons (Fsp3) is 0.400. The van der Waals surface area contributed by atoms with Crippen molar-refractivity contribution < 1.29 is 4.79 Å². The maximum Gasteiger partial charge on any atom is 0.198 e. The quantitative estimate of drug-likeness (QED) is 0.306. The average Bonchev–Trinajstić information content (AvgIpc) is 2.15. The number of nitrogens with two attached hydrogens (primary N) is 1. The van der Waals surface area contributed by atoms with Gasteiger partial charge in [0.05, 0.1) is 12.0 Å². The Kier molecular flexibility index (Phi) is 6.11. The molecule has 0 aromatic carbocycles. The number of unbranched alkanes of at least 4 members (excludes halogenated alkanes) is 1. The molecule has 0 aromatic heterocycles. The van der Waals surface area contributed by atoms with Crippen molar-refractivity contribution in [2.75, 3.05) is 6.54 Å². The van der Waals surface area contributed by atoms with E-state index in [1.54, 1.807) is 0 Å². The highest BCUT2D eigenvalue weighted by molar-refractivity contribution is 6.33. The number of hydrogen-bond acceptors (Lipinski definition) is 4. The molecule has 4 N–H and O–H groups in total. The summed E-state index contributed by atoms with van der Waals surface area (Å²) in [6.07, 6.45) is 3.19. The summed E-state index contributed by atoms with van der Waals surface area (Å²) in [4.78, 5) is 10.9. The van der Waals surface area contributed by atoms with Crippen molar-refractivity contribution in [3.63, 3.8) is 0 Å². The lowest BCUT2D eigenvalue weighted by Crippen LogP contribution is -2.19. The van der Waals surface area contributed by atoms with E-state index in [0.717, 1.165) is 25.6 Å². The minimum atomic E-state index is -0.291. The van der Waals surface area contributed by atoms with E-state index in [1.807, 2.05) is 0 Å². The molecule has 0 fully saturated rings. The standard InChI is InChI=1S/C10H17N3O/c1-8(10(14)7-11)5-3-4-6-13-9(2)12/h7,11,13H,1-6,12H2. The molecule has 78 valence electrons. The van der Waals surface area contributed by atoms with Gasteiger partial charge in [0.2, 0.25) is 0 Å². The first-order chi connectivity index (χ1) is 6.57. The second-order valence-electron chi connectivity index (χ2n) is 3.02. The summed E-state index contributed by atoms with van der Waals surface area (Å²) in [7, 11) is 0. The first kappa shape index (κ1) is 12.4. The smallest absolute Gasteiger partial charge is 0.198 e. The Labute approximate surface area is 84.4 Å². The van der Waals surface area contributed by atoms with Gasteiger partial charge in [0, 0.05) is 6.54 Å². The number of nitrogens with one attached hydrogen (secondary N) is 2. The van der Waals surface area contributed by atoms with Crippen LogP contribution in [0.5, 0.6) is 0 Å². The Morgan fingerprint density at radius 1 is 1.43 bits per heavy atom. The number of Topliss-reactive ketones (excluding diaryl/α,β-unsaturated/α-hetero) is 1. The highest BCUT2D eigenvalue weighted by Crippen LogP contribution is 2.04. The summed E-state index contributed by atoms with van der Waals surface area (Å²) in [6.45, 7) is 7.84. The van der Waals surface area contributed by atoms with Crippen LogP contribution in [0.1, 0.15) is 19.3 Å². The minimum absolute atomic E-state index is 0.291. The van der Waals surface area contributed by atoms with Gasteiger partial charge in [-0.25, -0.2) is 0 Å². The molecule has 0 aliphatic carbocycles. The predicted octanol–water partition coefficient (Wildman–Crippen LogP) is 0.951. The van der Waals surface area contributed by atoms with Crippen LogP contribution in [-0.4, -0.2) is 18.5 Å². The lowest BCUT2D eigenvalue weighted by Gasteiger charge is -2.04. The third kappa shape index (κ3) is 5.99. The van der Waals surface area contributed by atoms with E-state index in [9.17, 15) is 4.79 Å². The van der Waals surface area contributed by atoms with Crippen LogP contribution in [-0.2, 0) is 4.79 Å². The molecule has 0 saturated carbocycles. The van der Waals surface area contributed by atoms with Crippen LogP contribution in [0.4, 0.5) is 0 Å². The van der Waals surface area contributed by atoms with E-state index >= 15 is 0 Å². The summed E-state index contributed by atoms with van der Waals surface area (Å²) in [6, 6.07) is 0. The largest absolute Gasteiger partial charge is 0.386 e. The fourth-order valence-corrected chi connectivity index (χ4v) is 0.938. The van der Waals surface area contributed by atoms with Crippen LogP contribution in [0.3, 0.4) is 0 Å². The first-order valence-electron chi connectivity index (χ1n) is 4.48.